The number of ether oxygens (including phenoxy) is 1. The van der Waals surface area contributed by atoms with E-state index in [0.29, 0.717) is 24.0 Å². The molecule has 0 unspecified atom stereocenters. The van der Waals surface area contributed by atoms with Crippen molar-refractivity contribution in [3.8, 4) is 5.75 Å². The van der Waals surface area contributed by atoms with Crippen molar-refractivity contribution in [3.63, 3.8) is 0 Å². The summed E-state index contributed by atoms with van der Waals surface area (Å²) in [6.07, 6.45) is 1.80. The smallest absolute Gasteiger partial charge is 0.256 e. The zero-order valence-corrected chi connectivity index (χ0v) is 25.7. The van der Waals surface area contributed by atoms with Gasteiger partial charge in [-0.05, 0) is 73.6 Å². The fourth-order valence-electron chi connectivity index (χ4n) is 5.62. The zero-order valence-electron chi connectivity index (χ0n) is 24.9. The highest BCUT2D eigenvalue weighted by Gasteiger charge is 2.43. The number of benzene rings is 3. The van der Waals surface area contributed by atoms with Crippen molar-refractivity contribution in [1.29, 1.82) is 0 Å². The highest BCUT2D eigenvalue weighted by molar-refractivity contribution is 7.80. The number of hydrogen-bond donors (Lipinski definition) is 1. The number of carbonyl (C=O) groups is 2. The number of amides is 2. The van der Waals surface area contributed by atoms with Crippen molar-refractivity contribution < 1.29 is 14.3 Å². The van der Waals surface area contributed by atoms with Gasteiger partial charge in [0.05, 0.1) is 18.7 Å². The number of nitrogens with zero attached hydrogens (tertiary/aromatic N) is 4. The fourth-order valence-corrected chi connectivity index (χ4v) is 6.04. The molecule has 0 aromatic heterocycles. The molecule has 226 valence electrons. The summed E-state index contributed by atoms with van der Waals surface area (Å²) in [5.41, 5.74) is 2.74. The van der Waals surface area contributed by atoms with Crippen LogP contribution in [0, 0.1) is 0 Å². The molecule has 2 aliphatic heterocycles. The van der Waals surface area contributed by atoms with E-state index < -0.39 is 6.04 Å². The van der Waals surface area contributed by atoms with Crippen molar-refractivity contribution >= 4 is 40.5 Å². The number of carbonyl (C=O) groups excluding carboxylic acids is 2. The van der Waals surface area contributed by atoms with Crippen LogP contribution < -0.4 is 15.0 Å². The Kier molecular flexibility index (Phi) is 10.8. The van der Waals surface area contributed by atoms with Gasteiger partial charge < -0.3 is 19.9 Å². The van der Waals surface area contributed by atoms with Crippen LogP contribution in [0.5, 0.6) is 5.75 Å². The van der Waals surface area contributed by atoms with Crippen molar-refractivity contribution in [1.82, 2.24) is 14.7 Å². The van der Waals surface area contributed by atoms with Gasteiger partial charge in [0.1, 0.15) is 11.8 Å². The zero-order chi connectivity index (χ0) is 30.0. The summed E-state index contributed by atoms with van der Waals surface area (Å²) in [5, 5.41) is 3.40. The van der Waals surface area contributed by atoms with Crippen molar-refractivity contribution in [2.45, 2.75) is 38.8 Å². The minimum absolute atomic E-state index is 0.0224. The Labute approximate surface area is 260 Å². The number of thiocarbonyl (C=S) groups is 1. The summed E-state index contributed by atoms with van der Waals surface area (Å²) < 4.78 is 5.64. The molecule has 43 heavy (non-hydrogen) atoms. The van der Waals surface area contributed by atoms with Crippen LogP contribution in [-0.2, 0) is 16.1 Å². The summed E-state index contributed by atoms with van der Waals surface area (Å²) in [4.78, 5) is 35.3. The van der Waals surface area contributed by atoms with Gasteiger partial charge in [-0.1, -0.05) is 55.5 Å². The third-order valence-corrected chi connectivity index (χ3v) is 8.33. The number of para-hydroxylation sites is 1. The quantitative estimate of drug-likeness (QED) is 0.277. The molecule has 2 aliphatic rings. The summed E-state index contributed by atoms with van der Waals surface area (Å²) in [5.74, 6) is 0.375. The van der Waals surface area contributed by atoms with Crippen LogP contribution in [0.2, 0.25) is 0 Å². The molecule has 0 saturated carbocycles. The molecule has 0 bridgehead atoms. The molecule has 1 atom stereocenters. The lowest BCUT2D eigenvalue weighted by Crippen LogP contribution is -2.47. The average molecular weight is 600 g/mol. The summed E-state index contributed by atoms with van der Waals surface area (Å²) in [7, 11) is 0. The van der Waals surface area contributed by atoms with Gasteiger partial charge in [0.25, 0.3) is 5.91 Å². The first-order chi connectivity index (χ1) is 21.0. The number of nitrogens with one attached hydrogen (secondary N) is 1. The third kappa shape index (κ3) is 8.19. The molecule has 5 rings (SSSR count). The SMILES string of the molecule is CCCOc1ccc(NC(=O)C[C@H]2C(=O)N(c3ccccc3)C(=S)N2CCCN2CCN(Cc3ccccc3)CC2)cc1. The van der Waals surface area contributed by atoms with Gasteiger partial charge >= 0.3 is 0 Å². The molecular weight excluding hydrogens is 558 g/mol. The van der Waals surface area contributed by atoms with Gasteiger partial charge in [0.15, 0.2) is 5.11 Å². The van der Waals surface area contributed by atoms with E-state index in [0.717, 1.165) is 63.5 Å². The average Bonchev–Trinajstić information content (AvgIpc) is 3.26. The van der Waals surface area contributed by atoms with E-state index in [4.69, 9.17) is 17.0 Å². The highest BCUT2D eigenvalue weighted by atomic mass is 32.1. The molecule has 2 amide bonds. The molecule has 0 aliphatic carbocycles. The van der Waals surface area contributed by atoms with E-state index in [1.165, 1.54) is 5.56 Å². The number of rotatable bonds is 13. The number of anilines is 2. The Bertz CT molecular complexity index is 1350. The lowest BCUT2D eigenvalue weighted by atomic mass is 10.1. The van der Waals surface area contributed by atoms with Gasteiger partial charge in [-0.3, -0.25) is 19.4 Å². The van der Waals surface area contributed by atoms with E-state index in [2.05, 4.69) is 52.4 Å². The summed E-state index contributed by atoms with van der Waals surface area (Å²) >= 11 is 5.84. The maximum absolute atomic E-state index is 13.7. The standard InChI is InChI=1S/C34H41N5O3S/c1-2-24-42-30-16-14-28(15-17-30)35-32(40)25-31-33(41)39(29-12-7-4-8-13-29)34(43)38(31)19-9-18-36-20-22-37(23-21-36)26-27-10-5-3-6-11-27/h3-8,10-17,31H,2,9,18-26H2,1H3,(H,35,40)/t31-/m0/s1. The largest absolute Gasteiger partial charge is 0.494 e. The second-order valence-corrected chi connectivity index (χ2v) is 11.4. The van der Waals surface area contributed by atoms with E-state index >= 15 is 0 Å². The predicted octanol–water partition coefficient (Wildman–Crippen LogP) is 5.01. The monoisotopic (exact) mass is 599 g/mol. The van der Waals surface area contributed by atoms with E-state index in [1.54, 1.807) is 4.90 Å². The van der Waals surface area contributed by atoms with E-state index in [9.17, 15) is 9.59 Å². The Hall–Kier alpha value is -3.79. The molecule has 0 radical (unpaired) electrons. The van der Waals surface area contributed by atoms with Crippen LogP contribution >= 0.6 is 12.2 Å². The van der Waals surface area contributed by atoms with Gasteiger partial charge in [0, 0.05) is 45.0 Å². The number of piperazine rings is 1. The second-order valence-electron chi connectivity index (χ2n) is 11.1. The molecule has 0 spiro atoms. The summed E-state index contributed by atoms with van der Waals surface area (Å²) in [6.45, 7) is 9.31. The minimum atomic E-state index is -0.650. The topological polar surface area (TPSA) is 68.4 Å². The predicted molar refractivity (Wildman–Crippen MR) is 175 cm³/mol. The molecule has 8 nitrogen and oxygen atoms in total. The van der Waals surface area contributed by atoms with Crippen LogP contribution in [0.4, 0.5) is 11.4 Å². The molecule has 2 fully saturated rings. The second kappa shape index (κ2) is 15.1. The number of hydrogen-bond acceptors (Lipinski definition) is 6. The third-order valence-electron chi connectivity index (χ3n) is 7.91. The van der Waals surface area contributed by atoms with Gasteiger partial charge in [-0.25, -0.2) is 0 Å². The van der Waals surface area contributed by atoms with Crippen LogP contribution in [-0.4, -0.2) is 83.5 Å². The van der Waals surface area contributed by atoms with Gasteiger partial charge in [-0.15, -0.1) is 0 Å². The first kappa shape index (κ1) is 30.7. The molecule has 3 aromatic carbocycles. The molecular formula is C34H41N5O3S. The van der Waals surface area contributed by atoms with E-state index in [1.807, 2.05) is 59.5 Å². The molecule has 9 heteroatoms. The Balaban J connectivity index is 1.17. The van der Waals surface area contributed by atoms with Crippen LogP contribution in [0.1, 0.15) is 31.7 Å². The molecule has 1 N–H and O–H groups in total. The summed E-state index contributed by atoms with van der Waals surface area (Å²) in [6, 6.07) is 26.7. The Morgan fingerprint density at radius 3 is 2.21 bits per heavy atom. The lowest BCUT2D eigenvalue weighted by Gasteiger charge is -2.35. The maximum atomic E-state index is 13.7. The molecule has 2 saturated heterocycles. The Morgan fingerprint density at radius 1 is 0.884 bits per heavy atom. The van der Waals surface area contributed by atoms with Gasteiger partial charge in [0.2, 0.25) is 5.91 Å². The van der Waals surface area contributed by atoms with Crippen molar-refractivity contribution in [2.24, 2.45) is 0 Å². The molecule has 2 heterocycles. The fraction of sp³-hybridized carbons (Fsp3) is 0.382. The van der Waals surface area contributed by atoms with Crippen molar-refractivity contribution in [2.75, 3.05) is 56.1 Å². The van der Waals surface area contributed by atoms with Crippen LogP contribution in [0.3, 0.4) is 0 Å². The van der Waals surface area contributed by atoms with Crippen molar-refractivity contribution in [3.05, 3.63) is 90.5 Å². The van der Waals surface area contributed by atoms with E-state index in [-0.39, 0.29) is 18.2 Å². The first-order valence-electron chi connectivity index (χ1n) is 15.2. The van der Waals surface area contributed by atoms with Gasteiger partial charge in [-0.2, -0.15) is 0 Å². The minimum Gasteiger partial charge on any atom is -0.494 e. The van der Waals surface area contributed by atoms with Crippen LogP contribution in [0.15, 0.2) is 84.9 Å². The normalized spacial score (nSPS) is 17.8. The maximum Gasteiger partial charge on any atom is 0.256 e. The highest BCUT2D eigenvalue weighted by Crippen LogP contribution is 2.28. The van der Waals surface area contributed by atoms with Crippen LogP contribution in [0.25, 0.3) is 0 Å². The molecule has 3 aromatic rings. The first-order valence-corrected chi connectivity index (χ1v) is 15.6. The lowest BCUT2D eigenvalue weighted by molar-refractivity contribution is -0.124. The Morgan fingerprint density at radius 2 is 1.53 bits per heavy atom.